The van der Waals surface area contributed by atoms with E-state index in [1.54, 1.807) is 6.92 Å². The van der Waals surface area contributed by atoms with Gasteiger partial charge in [-0.1, -0.05) is 67.6 Å². The van der Waals surface area contributed by atoms with E-state index in [1.165, 1.54) is 17.0 Å². The molecule has 3 aromatic carbocycles. The number of non-ortho nitro benzene ring substituents is 1. The number of nitrogens with zero attached hydrogens (tertiary/aromatic N) is 3. The Morgan fingerprint density at radius 3 is 2.24 bits per heavy atom. The second-order valence-corrected chi connectivity index (χ2v) is 11.8. The van der Waals surface area contributed by atoms with E-state index in [0.717, 1.165) is 33.3 Å². The van der Waals surface area contributed by atoms with Crippen molar-refractivity contribution in [1.82, 2.24) is 10.2 Å². The molecule has 0 aliphatic carbocycles. The van der Waals surface area contributed by atoms with E-state index >= 15 is 0 Å². The molecule has 1 N–H and O–H groups in total. The van der Waals surface area contributed by atoms with Gasteiger partial charge in [-0.15, -0.1) is 0 Å². The number of nitro benzene ring substituents is 1. The standard InChI is InChI=1S/C30H36N4O6S/c1-5-17-31-30(36)28(18-24-12-7-6-8-13-24)32(20-25-14-10-9-11-22(25)2)29(35)21-33(41(4,39)40)27-19-26(34(37)38)16-15-23(27)3/h6-16,19,28H,5,17-18,20-21H2,1-4H3,(H,31,36). The fourth-order valence-electron chi connectivity index (χ4n) is 4.47. The maximum atomic E-state index is 14.1. The van der Waals surface area contributed by atoms with Crippen molar-refractivity contribution in [3.8, 4) is 0 Å². The average molecular weight is 581 g/mol. The highest BCUT2D eigenvalue weighted by atomic mass is 32.2. The monoisotopic (exact) mass is 580 g/mol. The van der Waals surface area contributed by atoms with Gasteiger partial charge in [0, 0.05) is 31.6 Å². The summed E-state index contributed by atoms with van der Waals surface area (Å²) >= 11 is 0. The van der Waals surface area contributed by atoms with Gasteiger partial charge >= 0.3 is 0 Å². The van der Waals surface area contributed by atoms with Gasteiger partial charge < -0.3 is 10.2 Å². The minimum Gasteiger partial charge on any atom is -0.354 e. The van der Waals surface area contributed by atoms with Gasteiger partial charge in [0.25, 0.3) is 5.69 Å². The predicted octanol–water partition coefficient (Wildman–Crippen LogP) is 4.14. The Kier molecular flexibility index (Phi) is 10.6. The van der Waals surface area contributed by atoms with E-state index in [1.807, 2.05) is 68.4 Å². The first-order chi connectivity index (χ1) is 19.4. The summed E-state index contributed by atoms with van der Waals surface area (Å²) in [5, 5.41) is 14.3. The van der Waals surface area contributed by atoms with Gasteiger partial charge in [0.2, 0.25) is 21.8 Å². The lowest BCUT2D eigenvalue weighted by molar-refractivity contribution is -0.384. The first kappa shape index (κ1) is 31.3. The lowest BCUT2D eigenvalue weighted by Crippen LogP contribution is -2.53. The second kappa shape index (κ2) is 13.9. The first-order valence-corrected chi connectivity index (χ1v) is 15.2. The van der Waals surface area contributed by atoms with E-state index < -0.39 is 33.4 Å². The summed E-state index contributed by atoms with van der Waals surface area (Å²) in [6.07, 6.45) is 1.85. The highest BCUT2D eigenvalue weighted by molar-refractivity contribution is 7.92. The number of nitrogens with one attached hydrogen (secondary N) is 1. The lowest BCUT2D eigenvalue weighted by atomic mass is 10.0. The summed E-state index contributed by atoms with van der Waals surface area (Å²) < 4.78 is 26.8. The minimum absolute atomic E-state index is 0.0286. The van der Waals surface area contributed by atoms with Crippen molar-refractivity contribution in [2.24, 2.45) is 0 Å². The number of carbonyl (C=O) groups is 2. The second-order valence-electron chi connectivity index (χ2n) is 9.94. The van der Waals surface area contributed by atoms with Gasteiger partial charge in [0.15, 0.2) is 0 Å². The summed E-state index contributed by atoms with van der Waals surface area (Å²) in [7, 11) is -4.05. The van der Waals surface area contributed by atoms with Crippen molar-refractivity contribution in [3.63, 3.8) is 0 Å². The van der Waals surface area contributed by atoms with E-state index in [-0.39, 0.29) is 30.2 Å². The van der Waals surface area contributed by atoms with Gasteiger partial charge in [0.1, 0.15) is 12.6 Å². The van der Waals surface area contributed by atoms with Crippen LogP contribution in [-0.2, 0) is 32.6 Å². The molecule has 3 aromatic rings. The number of benzene rings is 3. The van der Waals surface area contributed by atoms with Crippen molar-refractivity contribution in [1.29, 1.82) is 0 Å². The van der Waals surface area contributed by atoms with Crippen LogP contribution in [0.5, 0.6) is 0 Å². The van der Waals surface area contributed by atoms with Crippen LogP contribution in [0.15, 0.2) is 72.8 Å². The Balaban J connectivity index is 2.10. The normalized spacial score (nSPS) is 11.9. The Bertz CT molecular complexity index is 1490. The van der Waals surface area contributed by atoms with Crippen LogP contribution in [0.3, 0.4) is 0 Å². The van der Waals surface area contributed by atoms with E-state index in [2.05, 4.69) is 5.32 Å². The molecule has 11 heteroatoms. The topological polar surface area (TPSA) is 130 Å². The van der Waals surface area contributed by atoms with E-state index in [0.29, 0.717) is 18.5 Å². The van der Waals surface area contributed by atoms with Crippen LogP contribution in [0.4, 0.5) is 11.4 Å². The SMILES string of the molecule is CCCNC(=O)C(Cc1ccccc1)N(Cc1ccccc1C)C(=O)CN(c1cc([N+](=O)[O-])ccc1C)S(C)(=O)=O. The molecule has 0 aliphatic heterocycles. The Morgan fingerprint density at radius 2 is 1.63 bits per heavy atom. The summed E-state index contributed by atoms with van der Waals surface area (Å²) in [6, 6.07) is 19.7. The molecular weight excluding hydrogens is 544 g/mol. The molecule has 1 unspecified atom stereocenters. The molecule has 0 aromatic heterocycles. The van der Waals surface area contributed by atoms with Gasteiger partial charge in [-0.25, -0.2) is 8.42 Å². The van der Waals surface area contributed by atoms with E-state index in [9.17, 15) is 28.1 Å². The van der Waals surface area contributed by atoms with Crippen LogP contribution in [0, 0.1) is 24.0 Å². The molecule has 0 radical (unpaired) electrons. The van der Waals surface area contributed by atoms with Crippen LogP contribution >= 0.6 is 0 Å². The highest BCUT2D eigenvalue weighted by Gasteiger charge is 2.33. The number of aryl methyl sites for hydroxylation is 2. The fraction of sp³-hybridized carbons (Fsp3) is 0.333. The molecule has 41 heavy (non-hydrogen) atoms. The zero-order valence-corrected chi connectivity index (χ0v) is 24.6. The molecule has 1 atom stereocenters. The highest BCUT2D eigenvalue weighted by Crippen LogP contribution is 2.28. The third-order valence-corrected chi connectivity index (χ3v) is 7.90. The average Bonchev–Trinajstić information content (AvgIpc) is 2.93. The maximum Gasteiger partial charge on any atom is 0.271 e. The number of hydrogen-bond donors (Lipinski definition) is 1. The van der Waals surface area contributed by atoms with Crippen LogP contribution in [0.25, 0.3) is 0 Å². The van der Waals surface area contributed by atoms with Crippen molar-refractivity contribution >= 4 is 33.2 Å². The zero-order chi connectivity index (χ0) is 30.2. The number of anilines is 1. The number of sulfonamides is 1. The molecule has 0 fully saturated rings. The third kappa shape index (κ3) is 8.37. The summed E-state index contributed by atoms with van der Waals surface area (Å²) in [6.45, 7) is 5.28. The quantitative estimate of drug-likeness (QED) is 0.239. The number of carbonyl (C=O) groups excluding carboxylic acids is 2. The van der Waals surface area contributed by atoms with Gasteiger partial charge in [-0.2, -0.15) is 0 Å². The maximum absolute atomic E-state index is 14.1. The van der Waals surface area contributed by atoms with Crippen molar-refractivity contribution in [2.45, 2.75) is 46.2 Å². The number of nitro groups is 1. The predicted molar refractivity (Wildman–Crippen MR) is 159 cm³/mol. The van der Waals surface area contributed by atoms with Crippen LogP contribution in [0.1, 0.15) is 35.6 Å². The molecule has 0 saturated heterocycles. The fourth-order valence-corrected chi connectivity index (χ4v) is 5.36. The molecule has 218 valence electrons. The van der Waals surface area contributed by atoms with Crippen molar-refractivity contribution < 1.29 is 22.9 Å². The molecule has 3 rings (SSSR count). The molecule has 10 nitrogen and oxygen atoms in total. The van der Waals surface area contributed by atoms with Crippen LogP contribution < -0.4 is 9.62 Å². The molecule has 0 saturated carbocycles. The smallest absolute Gasteiger partial charge is 0.271 e. The zero-order valence-electron chi connectivity index (χ0n) is 23.7. The van der Waals surface area contributed by atoms with Gasteiger partial charge in [0.05, 0.1) is 16.9 Å². The largest absolute Gasteiger partial charge is 0.354 e. The molecular formula is C30H36N4O6S. The van der Waals surface area contributed by atoms with E-state index in [4.69, 9.17) is 0 Å². The molecule has 0 spiro atoms. The number of amides is 2. The summed E-state index contributed by atoms with van der Waals surface area (Å²) in [4.78, 5) is 39.9. The summed E-state index contributed by atoms with van der Waals surface area (Å²) in [5.74, 6) is -0.966. The Morgan fingerprint density at radius 1 is 0.976 bits per heavy atom. The Hall–Kier alpha value is -4.25. The van der Waals surface area contributed by atoms with Crippen molar-refractivity contribution in [3.05, 3.63) is 105 Å². The van der Waals surface area contributed by atoms with Crippen LogP contribution in [-0.4, -0.2) is 55.4 Å². The van der Waals surface area contributed by atoms with Gasteiger partial charge in [-0.3, -0.25) is 24.0 Å². The lowest BCUT2D eigenvalue weighted by Gasteiger charge is -2.34. The minimum atomic E-state index is -4.05. The number of hydrogen-bond acceptors (Lipinski definition) is 6. The molecule has 0 bridgehead atoms. The molecule has 0 heterocycles. The molecule has 0 aliphatic rings. The first-order valence-electron chi connectivity index (χ1n) is 13.3. The molecule has 2 amide bonds. The third-order valence-electron chi connectivity index (χ3n) is 6.77. The van der Waals surface area contributed by atoms with Gasteiger partial charge in [-0.05, 0) is 42.5 Å². The Labute approximate surface area is 241 Å². The van der Waals surface area contributed by atoms with Crippen molar-refractivity contribution in [2.75, 3.05) is 23.7 Å². The summed E-state index contributed by atoms with van der Waals surface area (Å²) in [5.41, 5.74) is 2.72. The van der Waals surface area contributed by atoms with Crippen LogP contribution in [0.2, 0.25) is 0 Å². The number of rotatable bonds is 13.